The Bertz CT molecular complexity index is 625. The molecule has 3 heterocycles. The van der Waals surface area contributed by atoms with Crippen molar-refractivity contribution < 1.29 is 4.79 Å². The molecule has 0 fully saturated rings. The van der Waals surface area contributed by atoms with E-state index in [1.165, 1.54) is 10.4 Å². The third-order valence-corrected chi connectivity index (χ3v) is 4.92. The van der Waals surface area contributed by atoms with Crippen LogP contribution in [0.15, 0.2) is 34.4 Å². The van der Waals surface area contributed by atoms with Crippen LogP contribution in [-0.2, 0) is 6.42 Å². The van der Waals surface area contributed by atoms with Crippen LogP contribution in [0.4, 0.5) is 0 Å². The van der Waals surface area contributed by atoms with Crippen molar-refractivity contribution in [2.24, 2.45) is 0 Å². The summed E-state index contributed by atoms with van der Waals surface area (Å²) in [6.45, 7) is 2.87. The van der Waals surface area contributed by atoms with E-state index >= 15 is 0 Å². The summed E-state index contributed by atoms with van der Waals surface area (Å²) in [6, 6.07) is 4.09. The van der Waals surface area contributed by atoms with E-state index in [-0.39, 0.29) is 11.9 Å². The normalized spacial score (nSPS) is 18.2. The number of pyridine rings is 1. The molecule has 1 aliphatic heterocycles. The van der Waals surface area contributed by atoms with E-state index in [2.05, 4.69) is 39.3 Å². The Morgan fingerprint density at radius 3 is 3.16 bits per heavy atom. The first-order chi connectivity index (χ1) is 9.16. The molecule has 0 unspecified atom stereocenters. The minimum absolute atomic E-state index is 0.0538. The fraction of sp³-hybridized carbons (Fsp3) is 0.286. The Hall–Kier alpha value is -1.20. The van der Waals surface area contributed by atoms with Crippen LogP contribution >= 0.6 is 27.3 Å². The summed E-state index contributed by atoms with van der Waals surface area (Å²) >= 11 is 5.14. The second-order valence-electron chi connectivity index (χ2n) is 4.62. The smallest absolute Gasteiger partial charge is 0.255 e. The Kier molecular flexibility index (Phi) is 3.41. The molecule has 0 bridgehead atoms. The Morgan fingerprint density at radius 2 is 2.37 bits per heavy atom. The molecule has 0 radical (unpaired) electrons. The highest BCUT2D eigenvalue weighted by molar-refractivity contribution is 9.10. The molecule has 0 aliphatic carbocycles. The van der Waals surface area contributed by atoms with Gasteiger partial charge < -0.3 is 4.90 Å². The molecule has 5 heteroatoms. The van der Waals surface area contributed by atoms with Gasteiger partial charge in [-0.05, 0) is 52.4 Å². The average molecular weight is 337 g/mol. The van der Waals surface area contributed by atoms with Crippen molar-refractivity contribution in [3.05, 3.63) is 50.4 Å². The zero-order valence-electron chi connectivity index (χ0n) is 10.5. The minimum Gasteiger partial charge on any atom is -0.331 e. The van der Waals surface area contributed by atoms with Crippen LogP contribution in [0.1, 0.15) is 33.8 Å². The number of halogens is 1. The van der Waals surface area contributed by atoms with Gasteiger partial charge in [-0.2, -0.15) is 0 Å². The number of carbonyl (C=O) groups is 1. The lowest BCUT2D eigenvalue weighted by Crippen LogP contribution is -2.38. The van der Waals surface area contributed by atoms with Gasteiger partial charge in [-0.1, -0.05) is 0 Å². The van der Waals surface area contributed by atoms with Crippen LogP contribution in [0.3, 0.4) is 0 Å². The Labute approximate surface area is 124 Å². The Morgan fingerprint density at radius 1 is 1.53 bits per heavy atom. The third kappa shape index (κ3) is 2.32. The van der Waals surface area contributed by atoms with Crippen molar-refractivity contribution in [1.82, 2.24) is 9.88 Å². The summed E-state index contributed by atoms with van der Waals surface area (Å²) in [4.78, 5) is 20.0. The molecule has 19 heavy (non-hydrogen) atoms. The van der Waals surface area contributed by atoms with Gasteiger partial charge in [0, 0.05) is 28.3 Å². The van der Waals surface area contributed by atoms with E-state index < -0.39 is 0 Å². The van der Waals surface area contributed by atoms with Crippen LogP contribution in [-0.4, -0.2) is 22.3 Å². The lowest BCUT2D eigenvalue weighted by molar-refractivity contribution is 0.0679. The molecule has 1 aliphatic rings. The largest absolute Gasteiger partial charge is 0.331 e. The fourth-order valence-corrected chi connectivity index (χ4v) is 3.81. The van der Waals surface area contributed by atoms with Crippen LogP contribution in [0.25, 0.3) is 0 Å². The molecular formula is C14H13BrN2OS. The average Bonchev–Trinajstić information content (AvgIpc) is 2.88. The molecule has 3 nitrogen and oxygen atoms in total. The van der Waals surface area contributed by atoms with Crippen LogP contribution < -0.4 is 0 Å². The predicted octanol–water partition coefficient (Wildman–Crippen LogP) is 3.67. The molecule has 2 aromatic heterocycles. The van der Waals surface area contributed by atoms with Gasteiger partial charge in [0.05, 0.1) is 11.6 Å². The summed E-state index contributed by atoms with van der Waals surface area (Å²) in [6.07, 6.45) is 4.26. The second-order valence-corrected chi connectivity index (χ2v) is 6.53. The number of amides is 1. The number of carbonyl (C=O) groups excluding carboxylic acids is 1. The van der Waals surface area contributed by atoms with Crippen LogP contribution in [0.5, 0.6) is 0 Å². The number of fused-ring (bicyclic) bond motifs is 1. The minimum atomic E-state index is 0.0538. The maximum Gasteiger partial charge on any atom is 0.255 e. The number of thiophene rings is 1. The number of aromatic nitrogens is 1. The topological polar surface area (TPSA) is 33.2 Å². The summed E-state index contributed by atoms with van der Waals surface area (Å²) in [5.74, 6) is 0.0538. The van der Waals surface area contributed by atoms with Gasteiger partial charge in [-0.15, -0.1) is 11.3 Å². The van der Waals surface area contributed by atoms with E-state index in [0.29, 0.717) is 5.56 Å². The van der Waals surface area contributed by atoms with Gasteiger partial charge in [-0.3, -0.25) is 9.78 Å². The van der Waals surface area contributed by atoms with E-state index in [1.807, 2.05) is 11.0 Å². The summed E-state index contributed by atoms with van der Waals surface area (Å²) in [5, 5.41) is 2.11. The van der Waals surface area contributed by atoms with Gasteiger partial charge >= 0.3 is 0 Å². The Balaban J connectivity index is 1.90. The standard InChI is InChI=1S/C14H13BrN2OS/c1-9-12-3-5-19-13(12)2-4-17(9)14(18)10-6-11(15)8-16-7-10/h3,5-9H,2,4H2,1H3/t9-/m0/s1. The molecule has 0 saturated heterocycles. The van der Waals surface area contributed by atoms with Crippen LogP contribution in [0.2, 0.25) is 0 Å². The van der Waals surface area contributed by atoms with E-state index in [0.717, 1.165) is 17.4 Å². The maximum absolute atomic E-state index is 12.6. The molecule has 0 saturated carbocycles. The van der Waals surface area contributed by atoms with Crippen molar-refractivity contribution in [2.75, 3.05) is 6.54 Å². The molecule has 2 aromatic rings. The SMILES string of the molecule is C[C@H]1c2ccsc2CCN1C(=O)c1cncc(Br)c1. The molecule has 0 spiro atoms. The first kappa shape index (κ1) is 12.8. The van der Waals surface area contributed by atoms with Gasteiger partial charge in [-0.25, -0.2) is 0 Å². The highest BCUT2D eigenvalue weighted by Crippen LogP contribution is 2.33. The first-order valence-corrected chi connectivity index (χ1v) is 7.82. The predicted molar refractivity (Wildman–Crippen MR) is 79.4 cm³/mol. The molecule has 0 N–H and O–H groups in total. The second kappa shape index (κ2) is 5.06. The van der Waals surface area contributed by atoms with Gasteiger partial charge in [0.2, 0.25) is 0 Å². The molecule has 1 atom stereocenters. The van der Waals surface area contributed by atoms with E-state index in [9.17, 15) is 4.79 Å². The number of rotatable bonds is 1. The van der Waals surface area contributed by atoms with Crippen molar-refractivity contribution in [2.45, 2.75) is 19.4 Å². The molecular weight excluding hydrogens is 324 g/mol. The lowest BCUT2D eigenvalue weighted by atomic mass is 10.0. The number of nitrogens with zero attached hydrogens (tertiary/aromatic N) is 2. The molecule has 0 aromatic carbocycles. The maximum atomic E-state index is 12.6. The summed E-state index contributed by atoms with van der Waals surface area (Å²) in [5.41, 5.74) is 1.92. The fourth-order valence-electron chi connectivity index (χ4n) is 2.48. The monoisotopic (exact) mass is 336 g/mol. The van der Waals surface area contributed by atoms with Crippen molar-refractivity contribution in [3.63, 3.8) is 0 Å². The highest BCUT2D eigenvalue weighted by atomic mass is 79.9. The lowest BCUT2D eigenvalue weighted by Gasteiger charge is -2.33. The number of hydrogen-bond donors (Lipinski definition) is 0. The van der Waals surface area contributed by atoms with Crippen molar-refractivity contribution >= 4 is 33.2 Å². The van der Waals surface area contributed by atoms with Crippen molar-refractivity contribution in [3.8, 4) is 0 Å². The van der Waals surface area contributed by atoms with Gasteiger partial charge in [0.25, 0.3) is 5.91 Å². The van der Waals surface area contributed by atoms with E-state index in [1.54, 1.807) is 23.7 Å². The zero-order valence-corrected chi connectivity index (χ0v) is 12.9. The van der Waals surface area contributed by atoms with Gasteiger partial charge in [0.15, 0.2) is 0 Å². The molecule has 1 amide bonds. The zero-order chi connectivity index (χ0) is 13.4. The molecule has 98 valence electrons. The highest BCUT2D eigenvalue weighted by Gasteiger charge is 2.29. The quantitative estimate of drug-likeness (QED) is 0.796. The number of hydrogen-bond acceptors (Lipinski definition) is 3. The van der Waals surface area contributed by atoms with E-state index in [4.69, 9.17) is 0 Å². The summed E-state index contributed by atoms with van der Waals surface area (Å²) < 4.78 is 0.833. The van der Waals surface area contributed by atoms with Gasteiger partial charge in [0.1, 0.15) is 0 Å². The first-order valence-electron chi connectivity index (χ1n) is 6.14. The molecule has 3 rings (SSSR count). The van der Waals surface area contributed by atoms with Crippen molar-refractivity contribution in [1.29, 1.82) is 0 Å². The summed E-state index contributed by atoms with van der Waals surface area (Å²) in [7, 11) is 0. The van der Waals surface area contributed by atoms with Crippen LogP contribution in [0, 0.1) is 0 Å². The third-order valence-electron chi connectivity index (χ3n) is 3.49.